The zero-order valence-corrected chi connectivity index (χ0v) is 20.4. The van der Waals surface area contributed by atoms with Crippen molar-refractivity contribution in [3.05, 3.63) is 114 Å². The van der Waals surface area contributed by atoms with E-state index in [1.54, 1.807) is 0 Å². The van der Waals surface area contributed by atoms with Crippen LogP contribution in [-0.2, 0) is 27.2 Å². The molecule has 0 heterocycles. The summed E-state index contributed by atoms with van der Waals surface area (Å²) >= 11 is 0. The Bertz CT molecular complexity index is 1360. The van der Waals surface area contributed by atoms with E-state index in [0.717, 1.165) is 21.9 Å². The molecule has 0 aliphatic heterocycles. The molecule has 0 aliphatic rings. The molecule has 0 saturated heterocycles. The Hall–Kier alpha value is -4.49. The van der Waals surface area contributed by atoms with Gasteiger partial charge in [-0.2, -0.15) is 0 Å². The van der Waals surface area contributed by atoms with Gasteiger partial charge in [0.25, 0.3) is 0 Å². The van der Waals surface area contributed by atoms with Crippen molar-refractivity contribution in [3.8, 4) is 0 Å². The number of nitrogens with two attached hydrogens (primary N) is 1. The molecule has 7 heteroatoms. The number of hydrogen-bond donors (Lipinski definition) is 4. The molecule has 188 valence electrons. The Morgan fingerprint density at radius 2 is 1.16 bits per heavy atom. The molecule has 0 aromatic heterocycles. The predicted molar refractivity (Wildman–Crippen MR) is 146 cm³/mol. The Morgan fingerprint density at radius 1 is 0.622 bits per heavy atom. The summed E-state index contributed by atoms with van der Waals surface area (Å²) in [5, 5.41) is 10.6. The number of fused-ring (bicyclic) bond motifs is 1. The van der Waals surface area contributed by atoms with Gasteiger partial charge < -0.3 is 21.7 Å². The van der Waals surface area contributed by atoms with Gasteiger partial charge in [0.2, 0.25) is 17.7 Å². The fourth-order valence-electron chi connectivity index (χ4n) is 4.14. The van der Waals surface area contributed by atoms with E-state index in [1.165, 1.54) is 0 Å². The maximum atomic E-state index is 13.4. The maximum absolute atomic E-state index is 13.4. The summed E-state index contributed by atoms with van der Waals surface area (Å²) in [6, 6.07) is 30.6. The summed E-state index contributed by atoms with van der Waals surface area (Å²) in [7, 11) is 0. The normalized spacial score (nSPS) is 12.4. The van der Waals surface area contributed by atoms with Crippen molar-refractivity contribution >= 4 is 34.2 Å². The summed E-state index contributed by atoms with van der Waals surface area (Å²) in [4.78, 5) is 38.9. The van der Waals surface area contributed by atoms with Crippen LogP contribution >= 0.6 is 0 Å². The van der Waals surface area contributed by atoms with Crippen LogP contribution < -0.4 is 21.7 Å². The van der Waals surface area contributed by atoms with Crippen molar-refractivity contribution < 1.29 is 14.4 Å². The Kier molecular flexibility index (Phi) is 8.62. The number of nitrogens with one attached hydrogen (secondary N) is 3. The number of carbonyl (C=O) groups is 3. The molecular weight excluding hydrogens is 464 g/mol. The quantitative estimate of drug-likeness (QED) is 0.271. The second-order valence-electron chi connectivity index (χ2n) is 8.82. The highest BCUT2D eigenvalue weighted by molar-refractivity contribution is 6.00. The molecule has 5 N–H and O–H groups in total. The van der Waals surface area contributed by atoms with Crippen LogP contribution in [0.2, 0.25) is 0 Å². The van der Waals surface area contributed by atoms with Crippen molar-refractivity contribution in [2.45, 2.75) is 24.9 Å². The van der Waals surface area contributed by atoms with Crippen molar-refractivity contribution in [2.24, 2.45) is 5.73 Å². The SMILES string of the molecule is NCC(=O)NC(Cc1ccccc1)C(=O)NC(Cc1ccccc1)C(=O)Nc1ccc2ccccc2c1. The lowest BCUT2D eigenvalue weighted by molar-refractivity contribution is -0.130. The zero-order chi connectivity index (χ0) is 26.0. The topological polar surface area (TPSA) is 113 Å². The van der Waals surface area contributed by atoms with Crippen molar-refractivity contribution in [1.29, 1.82) is 0 Å². The molecule has 7 nitrogen and oxygen atoms in total. The largest absolute Gasteiger partial charge is 0.343 e. The van der Waals surface area contributed by atoms with E-state index in [9.17, 15) is 14.4 Å². The van der Waals surface area contributed by atoms with Crippen LogP contribution in [-0.4, -0.2) is 36.3 Å². The second-order valence-corrected chi connectivity index (χ2v) is 8.82. The van der Waals surface area contributed by atoms with Crippen LogP contribution in [0, 0.1) is 0 Å². The van der Waals surface area contributed by atoms with Crippen molar-refractivity contribution in [1.82, 2.24) is 10.6 Å². The highest BCUT2D eigenvalue weighted by atomic mass is 16.2. The van der Waals surface area contributed by atoms with Crippen LogP contribution in [0.15, 0.2) is 103 Å². The molecule has 0 saturated carbocycles. The van der Waals surface area contributed by atoms with Crippen molar-refractivity contribution in [3.63, 3.8) is 0 Å². The van der Waals surface area contributed by atoms with E-state index < -0.39 is 23.9 Å². The average molecular weight is 495 g/mol. The van der Waals surface area contributed by atoms with E-state index in [2.05, 4.69) is 16.0 Å². The van der Waals surface area contributed by atoms with Crippen LogP contribution in [0.5, 0.6) is 0 Å². The molecule has 4 aromatic rings. The maximum Gasteiger partial charge on any atom is 0.247 e. The van der Waals surface area contributed by atoms with Gasteiger partial charge in [0, 0.05) is 18.5 Å². The molecule has 2 unspecified atom stereocenters. The van der Waals surface area contributed by atoms with Gasteiger partial charge in [0.15, 0.2) is 0 Å². The van der Waals surface area contributed by atoms with Crippen molar-refractivity contribution in [2.75, 3.05) is 11.9 Å². The highest BCUT2D eigenvalue weighted by Gasteiger charge is 2.27. The minimum absolute atomic E-state index is 0.242. The molecule has 4 aromatic carbocycles. The van der Waals surface area contributed by atoms with Crippen LogP contribution in [0.4, 0.5) is 5.69 Å². The molecular formula is C30H30N4O3. The first-order valence-electron chi connectivity index (χ1n) is 12.2. The van der Waals surface area contributed by atoms with E-state index >= 15 is 0 Å². The van der Waals surface area contributed by atoms with E-state index in [0.29, 0.717) is 5.69 Å². The summed E-state index contributed by atoms with van der Waals surface area (Å²) in [5.41, 5.74) is 7.89. The minimum Gasteiger partial charge on any atom is -0.343 e. The van der Waals surface area contributed by atoms with Gasteiger partial charge in [-0.05, 0) is 34.0 Å². The number of rotatable bonds is 10. The Morgan fingerprint density at radius 3 is 1.76 bits per heavy atom. The number of benzene rings is 4. The number of carbonyl (C=O) groups excluding carboxylic acids is 3. The molecule has 3 amide bonds. The highest BCUT2D eigenvalue weighted by Crippen LogP contribution is 2.19. The van der Waals surface area contributed by atoms with Crippen LogP contribution in [0.25, 0.3) is 10.8 Å². The summed E-state index contributed by atoms with van der Waals surface area (Å²) in [6.45, 7) is -0.242. The number of anilines is 1. The average Bonchev–Trinajstić information content (AvgIpc) is 2.93. The molecule has 0 bridgehead atoms. The fourth-order valence-corrected chi connectivity index (χ4v) is 4.14. The van der Waals surface area contributed by atoms with E-state index in [1.807, 2.05) is 103 Å². The molecule has 0 aliphatic carbocycles. The predicted octanol–water partition coefficient (Wildman–Crippen LogP) is 3.19. The Balaban J connectivity index is 1.55. The molecule has 0 radical (unpaired) electrons. The minimum atomic E-state index is -0.884. The monoisotopic (exact) mass is 494 g/mol. The summed E-state index contributed by atoms with van der Waals surface area (Å²) in [6.07, 6.45) is 0.553. The summed E-state index contributed by atoms with van der Waals surface area (Å²) < 4.78 is 0. The third-order valence-electron chi connectivity index (χ3n) is 6.05. The number of hydrogen-bond acceptors (Lipinski definition) is 4. The molecule has 0 fully saturated rings. The Labute approximate surface area is 216 Å². The summed E-state index contributed by atoms with van der Waals surface area (Å²) in [5.74, 6) is -1.26. The zero-order valence-electron chi connectivity index (χ0n) is 20.4. The van der Waals surface area contributed by atoms with Gasteiger partial charge >= 0.3 is 0 Å². The first-order valence-corrected chi connectivity index (χ1v) is 12.2. The number of amides is 3. The first kappa shape index (κ1) is 25.6. The molecule has 2 atom stereocenters. The van der Waals surface area contributed by atoms with Crippen LogP contribution in [0.1, 0.15) is 11.1 Å². The van der Waals surface area contributed by atoms with E-state index in [-0.39, 0.29) is 25.3 Å². The standard InChI is InChI=1S/C30H30N4O3/c31-20-28(35)33-26(17-21-9-3-1-4-10-21)30(37)34-27(18-22-11-5-2-6-12-22)29(36)32-25-16-15-23-13-7-8-14-24(23)19-25/h1-16,19,26-27H,17-18,20,31H2,(H,32,36)(H,33,35)(H,34,37). The molecule has 0 spiro atoms. The van der Waals surface area contributed by atoms with Gasteiger partial charge in [-0.15, -0.1) is 0 Å². The van der Waals surface area contributed by atoms with Gasteiger partial charge in [0.05, 0.1) is 6.54 Å². The van der Waals surface area contributed by atoms with Gasteiger partial charge in [-0.1, -0.05) is 91.0 Å². The van der Waals surface area contributed by atoms with Gasteiger partial charge in [-0.25, -0.2) is 0 Å². The first-order chi connectivity index (χ1) is 18.0. The lowest BCUT2D eigenvalue weighted by atomic mass is 10.0. The third kappa shape index (κ3) is 7.25. The smallest absolute Gasteiger partial charge is 0.247 e. The second kappa shape index (κ2) is 12.5. The van der Waals surface area contributed by atoms with Gasteiger partial charge in [-0.3, -0.25) is 14.4 Å². The lowest BCUT2D eigenvalue weighted by Gasteiger charge is -2.23. The lowest BCUT2D eigenvalue weighted by Crippen LogP contribution is -2.54. The molecule has 37 heavy (non-hydrogen) atoms. The van der Waals surface area contributed by atoms with Crippen LogP contribution in [0.3, 0.4) is 0 Å². The fraction of sp³-hybridized carbons (Fsp3) is 0.167. The molecule has 4 rings (SSSR count). The van der Waals surface area contributed by atoms with Gasteiger partial charge in [0.1, 0.15) is 12.1 Å². The third-order valence-corrected chi connectivity index (χ3v) is 6.05. The van der Waals surface area contributed by atoms with E-state index in [4.69, 9.17) is 5.73 Å².